The van der Waals surface area contributed by atoms with Crippen LogP contribution in [0, 0.1) is 0 Å². The van der Waals surface area contributed by atoms with Crippen LogP contribution in [-0.4, -0.2) is 62.9 Å². The molecule has 0 aromatic carbocycles. The summed E-state index contributed by atoms with van der Waals surface area (Å²) in [5, 5.41) is 0. The molecule has 0 aromatic heterocycles. The van der Waals surface area contributed by atoms with E-state index in [0.717, 1.165) is 17.9 Å². The minimum Gasteiger partial charge on any atom is -0.379 e. The molecule has 0 aliphatic carbocycles. The van der Waals surface area contributed by atoms with Gasteiger partial charge in [-0.3, -0.25) is 14.5 Å². The minimum atomic E-state index is -0.280. The maximum absolute atomic E-state index is 11.2. The molecule has 0 spiro atoms. The third kappa shape index (κ3) is 6.47. The standard InChI is InChI=1S/C13H21NO5/c1-2-6-17-8-10-19-11-9-18-7-5-14-12(15)3-4-13(14)16/h3-4H,2,5-11H2,1H3. The predicted octanol–water partition coefficient (Wildman–Crippen LogP) is 0.371. The fourth-order valence-electron chi connectivity index (χ4n) is 1.49. The topological polar surface area (TPSA) is 65.1 Å². The lowest BCUT2D eigenvalue weighted by Gasteiger charge is -2.13. The van der Waals surface area contributed by atoms with Crippen molar-refractivity contribution in [3.05, 3.63) is 12.2 Å². The Morgan fingerprint density at radius 1 is 0.842 bits per heavy atom. The smallest absolute Gasteiger partial charge is 0.253 e. The number of hydrogen-bond donors (Lipinski definition) is 0. The minimum absolute atomic E-state index is 0.280. The maximum atomic E-state index is 11.2. The van der Waals surface area contributed by atoms with Crippen molar-refractivity contribution in [2.75, 3.05) is 46.2 Å². The van der Waals surface area contributed by atoms with Gasteiger partial charge in [0.2, 0.25) is 0 Å². The first-order valence-corrected chi connectivity index (χ1v) is 6.52. The molecule has 0 fully saturated rings. The Kier molecular flexibility index (Phi) is 8.04. The number of imide groups is 1. The van der Waals surface area contributed by atoms with Crippen molar-refractivity contribution >= 4 is 11.8 Å². The summed E-state index contributed by atoms with van der Waals surface area (Å²) in [6, 6.07) is 0. The predicted molar refractivity (Wildman–Crippen MR) is 68.6 cm³/mol. The van der Waals surface area contributed by atoms with Crippen LogP contribution in [0.3, 0.4) is 0 Å². The lowest BCUT2D eigenvalue weighted by molar-refractivity contribution is -0.137. The Labute approximate surface area is 113 Å². The second-order valence-corrected chi connectivity index (χ2v) is 4.00. The average Bonchev–Trinajstić information content (AvgIpc) is 2.72. The molecule has 0 unspecified atom stereocenters. The molecule has 1 aliphatic heterocycles. The van der Waals surface area contributed by atoms with Gasteiger partial charge in [0, 0.05) is 18.8 Å². The summed E-state index contributed by atoms with van der Waals surface area (Å²) in [5.74, 6) is -0.559. The summed E-state index contributed by atoms with van der Waals surface area (Å²) in [6.07, 6.45) is 3.54. The van der Waals surface area contributed by atoms with Crippen molar-refractivity contribution in [2.24, 2.45) is 0 Å². The summed E-state index contributed by atoms with van der Waals surface area (Å²) in [7, 11) is 0. The van der Waals surface area contributed by atoms with E-state index in [-0.39, 0.29) is 18.4 Å². The van der Waals surface area contributed by atoms with Crippen molar-refractivity contribution in [1.29, 1.82) is 0 Å². The Balaban J connectivity index is 1.86. The SMILES string of the molecule is CCCOCCOCCOCCN1C(=O)C=CC1=O. The van der Waals surface area contributed by atoms with E-state index in [1.54, 1.807) is 0 Å². The first-order valence-electron chi connectivity index (χ1n) is 6.52. The number of nitrogens with zero attached hydrogens (tertiary/aromatic N) is 1. The molecule has 6 heteroatoms. The number of hydrogen-bond acceptors (Lipinski definition) is 5. The molecular formula is C13H21NO5. The van der Waals surface area contributed by atoms with Crippen molar-refractivity contribution in [1.82, 2.24) is 4.90 Å². The van der Waals surface area contributed by atoms with Crippen LogP contribution in [0.2, 0.25) is 0 Å². The highest BCUT2D eigenvalue weighted by Gasteiger charge is 2.22. The molecule has 2 amide bonds. The van der Waals surface area contributed by atoms with E-state index < -0.39 is 0 Å². The van der Waals surface area contributed by atoms with Crippen LogP contribution in [0.15, 0.2) is 12.2 Å². The highest BCUT2D eigenvalue weighted by atomic mass is 16.5. The van der Waals surface area contributed by atoms with Gasteiger partial charge in [-0.05, 0) is 6.42 Å². The van der Waals surface area contributed by atoms with Crippen LogP contribution >= 0.6 is 0 Å². The maximum Gasteiger partial charge on any atom is 0.253 e. The third-order valence-corrected chi connectivity index (χ3v) is 2.45. The van der Waals surface area contributed by atoms with Crippen molar-refractivity contribution < 1.29 is 23.8 Å². The zero-order valence-electron chi connectivity index (χ0n) is 11.3. The van der Waals surface area contributed by atoms with Gasteiger partial charge in [-0.2, -0.15) is 0 Å². The normalized spacial score (nSPS) is 14.7. The molecule has 0 N–H and O–H groups in total. The quantitative estimate of drug-likeness (QED) is 0.401. The summed E-state index contributed by atoms with van der Waals surface area (Å²) < 4.78 is 15.8. The lowest BCUT2D eigenvalue weighted by atomic mass is 10.5. The van der Waals surface area contributed by atoms with Gasteiger partial charge in [-0.1, -0.05) is 6.92 Å². The molecule has 0 bridgehead atoms. The molecule has 19 heavy (non-hydrogen) atoms. The molecule has 1 heterocycles. The summed E-state index contributed by atoms with van der Waals surface area (Å²) in [6.45, 7) is 5.49. The molecule has 6 nitrogen and oxygen atoms in total. The van der Waals surface area contributed by atoms with Gasteiger partial charge >= 0.3 is 0 Å². The zero-order chi connectivity index (χ0) is 13.9. The van der Waals surface area contributed by atoms with Crippen LogP contribution in [0.1, 0.15) is 13.3 Å². The summed E-state index contributed by atoms with van der Waals surface area (Å²) in [4.78, 5) is 23.6. The number of carbonyl (C=O) groups is 2. The van der Waals surface area contributed by atoms with Crippen molar-refractivity contribution in [3.63, 3.8) is 0 Å². The highest BCUT2D eigenvalue weighted by molar-refractivity contribution is 6.12. The molecule has 0 aromatic rings. The summed E-state index contributed by atoms with van der Waals surface area (Å²) >= 11 is 0. The first kappa shape index (κ1) is 15.8. The van der Waals surface area contributed by atoms with Gasteiger partial charge in [0.25, 0.3) is 11.8 Å². The second-order valence-electron chi connectivity index (χ2n) is 4.00. The molecule has 1 aliphatic rings. The zero-order valence-corrected chi connectivity index (χ0v) is 11.3. The van der Waals surface area contributed by atoms with Gasteiger partial charge in [-0.25, -0.2) is 0 Å². The van der Waals surface area contributed by atoms with E-state index >= 15 is 0 Å². The van der Waals surface area contributed by atoms with Gasteiger partial charge in [-0.15, -0.1) is 0 Å². The van der Waals surface area contributed by atoms with Gasteiger partial charge in [0.1, 0.15) is 0 Å². The Hall–Kier alpha value is -1.24. The van der Waals surface area contributed by atoms with Crippen LogP contribution in [0.4, 0.5) is 0 Å². The Morgan fingerprint density at radius 2 is 1.32 bits per heavy atom. The molecule has 108 valence electrons. The fourth-order valence-corrected chi connectivity index (χ4v) is 1.49. The lowest BCUT2D eigenvalue weighted by Crippen LogP contribution is -2.33. The van der Waals surface area contributed by atoms with E-state index in [9.17, 15) is 9.59 Å². The van der Waals surface area contributed by atoms with Gasteiger partial charge in [0.05, 0.1) is 39.6 Å². The van der Waals surface area contributed by atoms with Crippen LogP contribution in [0.5, 0.6) is 0 Å². The van der Waals surface area contributed by atoms with E-state index in [4.69, 9.17) is 14.2 Å². The number of ether oxygens (including phenoxy) is 3. The van der Waals surface area contributed by atoms with E-state index in [2.05, 4.69) is 6.92 Å². The number of carbonyl (C=O) groups excluding carboxylic acids is 2. The molecule has 0 saturated heterocycles. The van der Waals surface area contributed by atoms with Crippen LogP contribution in [0.25, 0.3) is 0 Å². The first-order chi connectivity index (χ1) is 9.25. The molecule has 0 radical (unpaired) electrons. The Morgan fingerprint density at radius 3 is 1.84 bits per heavy atom. The monoisotopic (exact) mass is 271 g/mol. The van der Waals surface area contributed by atoms with Crippen molar-refractivity contribution in [2.45, 2.75) is 13.3 Å². The van der Waals surface area contributed by atoms with E-state index in [0.29, 0.717) is 33.0 Å². The molecule has 0 atom stereocenters. The number of rotatable bonds is 11. The fraction of sp³-hybridized carbons (Fsp3) is 0.692. The highest BCUT2D eigenvalue weighted by Crippen LogP contribution is 2.02. The third-order valence-electron chi connectivity index (χ3n) is 2.45. The molecular weight excluding hydrogens is 250 g/mol. The molecule has 0 saturated carbocycles. The number of amides is 2. The average molecular weight is 271 g/mol. The second kappa shape index (κ2) is 9.66. The van der Waals surface area contributed by atoms with Gasteiger partial charge < -0.3 is 14.2 Å². The largest absolute Gasteiger partial charge is 0.379 e. The summed E-state index contributed by atoms with van der Waals surface area (Å²) in [5.41, 5.74) is 0. The van der Waals surface area contributed by atoms with Crippen molar-refractivity contribution in [3.8, 4) is 0 Å². The van der Waals surface area contributed by atoms with E-state index in [1.165, 1.54) is 12.2 Å². The Bertz CT molecular complexity index is 298. The molecule has 1 rings (SSSR count). The van der Waals surface area contributed by atoms with E-state index in [1.807, 2.05) is 0 Å². The van der Waals surface area contributed by atoms with Crippen LogP contribution < -0.4 is 0 Å². The van der Waals surface area contributed by atoms with Gasteiger partial charge in [0.15, 0.2) is 0 Å². The van der Waals surface area contributed by atoms with Crippen LogP contribution in [-0.2, 0) is 23.8 Å².